The molecule has 1 aromatic carbocycles. The fourth-order valence-electron chi connectivity index (χ4n) is 1.74. The average molecular weight is 347 g/mol. The molecule has 0 aliphatic heterocycles. The van der Waals surface area contributed by atoms with Gasteiger partial charge in [0.05, 0.1) is 26.4 Å². The van der Waals surface area contributed by atoms with Gasteiger partial charge in [0.15, 0.2) is 11.0 Å². The molecule has 0 fully saturated rings. The Balaban J connectivity index is 0.00000242. The first-order valence-corrected chi connectivity index (χ1v) is 7.38. The van der Waals surface area contributed by atoms with E-state index in [0.717, 1.165) is 11.4 Å². The molecule has 0 radical (unpaired) electrons. The Labute approximate surface area is 138 Å². The van der Waals surface area contributed by atoms with Crippen LogP contribution >= 0.6 is 24.2 Å². The lowest BCUT2D eigenvalue weighted by molar-refractivity contribution is 0.113. The number of nitrogens with two attached hydrogens (primary N) is 1. The van der Waals surface area contributed by atoms with Crippen molar-refractivity contribution in [3.8, 4) is 11.4 Å². The summed E-state index contributed by atoms with van der Waals surface area (Å²) in [4.78, 5) is 0. The van der Waals surface area contributed by atoms with Gasteiger partial charge in [0.25, 0.3) is 0 Å². The van der Waals surface area contributed by atoms with Gasteiger partial charge in [-0.25, -0.2) is 0 Å². The molecule has 22 heavy (non-hydrogen) atoms. The number of ether oxygens (including phenoxy) is 1. The number of methoxy groups -OCH3 is 1. The summed E-state index contributed by atoms with van der Waals surface area (Å²) in [7, 11) is 1.61. The van der Waals surface area contributed by atoms with E-state index in [2.05, 4.69) is 10.2 Å². The summed E-state index contributed by atoms with van der Waals surface area (Å²) in [6.45, 7) is -0.0322. The summed E-state index contributed by atoms with van der Waals surface area (Å²) >= 11 is 1.31. The third-order valence-electron chi connectivity index (χ3n) is 2.83. The standard InChI is InChI=1S/C13H18N4O3S.ClH/c1-20-11-4-2-9(3-5-11)17-12(6-14)15-16-13(17)21-8-10(19)7-18;/h2-5,10,18-19H,6-8,14H2,1H3;1H/t10-;/m0./s1. The van der Waals surface area contributed by atoms with E-state index in [-0.39, 0.29) is 25.6 Å². The third kappa shape index (κ3) is 4.34. The Bertz CT molecular complexity index is 579. The molecule has 9 heteroatoms. The molecule has 2 aromatic rings. The molecule has 2 rings (SSSR count). The summed E-state index contributed by atoms with van der Waals surface area (Å²) in [5.74, 6) is 1.71. The Morgan fingerprint density at radius 1 is 1.32 bits per heavy atom. The van der Waals surface area contributed by atoms with Crippen LogP contribution in [0.4, 0.5) is 0 Å². The minimum absolute atomic E-state index is 0. The number of aliphatic hydroxyl groups excluding tert-OH is 2. The highest BCUT2D eigenvalue weighted by Crippen LogP contribution is 2.24. The predicted molar refractivity (Wildman–Crippen MR) is 86.9 cm³/mol. The summed E-state index contributed by atoms with van der Waals surface area (Å²) in [5, 5.41) is 27.1. The van der Waals surface area contributed by atoms with E-state index >= 15 is 0 Å². The molecule has 1 aromatic heterocycles. The second kappa shape index (κ2) is 8.96. The second-order valence-corrected chi connectivity index (χ2v) is 5.27. The van der Waals surface area contributed by atoms with Gasteiger partial charge in [0, 0.05) is 11.4 Å². The first-order valence-electron chi connectivity index (χ1n) is 6.40. The van der Waals surface area contributed by atoms with E-state index in [1.807, 2.05) is 28.8 Å². The van der Waals surface area contributed by atoms with Crippen LogP contribution < -0.4 is 10.5 Å². The maximum absolute atomic E-state index is 9.44. The number of halogens is 1. The van der Waals surface area contributed by atoms with Crippen LogP contribution in [-0.2, 0) is 6.54 Å². The molecule has 0 saturated heterocycles. The number of hydrogen-bond acceptors (Lipinski definition) is 7. The molecule has 0 spiro atoms. The normalized spacial score (nSPS) is 11.8. The average Bonchev–Trinajstić information content (AvgIpc) is 2.95. The molecule has 0 amide bonds. The van der Waals surface area contributed by atoms with Crippen molar-refractivity contribution >= 4 is 24.2 Å². The highest BCUT2D eigenvalue weighted by atomic mass is 35.5. The zero-order valence-corrected chi connectivity index (χ0v) is 13.7. The fraction of sp³-hybridized carbons (Fsp3) is 0.385. The topological polar surface area (TPSA) is 106 Å². The molecule has 122 valence electrons. The molecule has 1 atom stereocenters. The van der Waals surface area contributed by atoms with Gasteiger partial charge in [0.2, 0.25) is 0 Å². The molecule has 0 aliphatic rings. The van der Waals surface area contributed by atoms with Crippen LogP contribution in [0.25, 0.3) is 5.69 Å². The largest absolute Gasteiger partial charge is 0.497 e. The number of hydrogen-bond donors (Lipinski definition) is 3. The molecule has 0 aliphatic carbocycles. The summed E-state index contributed by atoms with van der Waals surface area (Å²) in [5.41, 5.74) is 6.56. The third-order valence-corrected chi connectivity index (χ3v) is 3.90. The lowest BCUT2D eigenvalue weighted by Gasteiger charge is -2.11. The van der Waals surface area contributed by atoms with Crippen LogP contribution in [0, 0.1) is 0 Å². The zero-order valence-electron chi connectivity index (χ0n) is 12.0. The Morgan fingerprint density at radius 3 is 2.55 bits per heavy atom. The summed E-state index contributed by atoms with van der Waals surface area (Å²) in [6, 6.07) is 7.45. The lowest BCUT2D eigenvalue weighted by atomic mass is 10.3. The van der Waals surface area contributed by atoms with Gasteiger partial charge in [-0.3, -0.25) is 4.57 Å². The van der Waals surface area contributed by atoms with E-state index in [9.17, 15) is 5.11 Å². The maximum atomic E-state index is 9.44. The highest BCUT2D eigenvalue weighted by Gasteiger charge is 2.15. The van der Waals surface area contributed by atoms with Crippen molar-refractivity contribution in [1.82, 2.24) is 14.8 Å². The number of thioether (sulfide) groups is 1. The zero-order chi connectivity index (χ0) is 15.2. The Hall–Kier alpha value is -1.32. The van der Waals surface area contributed by atoms with Gasteiger partial charge in [-0.05, 0) is 24.3 Å². The van der Waals surface area contributed by atoms with E-state index in [1.54, 1.807) is 7.11 Å². The van der Waals surface area contributed by atoms with Crippen molar-refractivity contribution in [3.63, 3.8) is 0 Å². The van der Waals surface area contributed by atoms with Crippen molar-refractivity contribution in [2.75, 3.05) is 19.5 Å². The molecule has 0 unspecified atom stereocenters. The molecule has 7 nitrogen and oxygen atoms in total. The van der Waals surface area contributed by atoms with Gasteiger partial charge in [0.1, 0.15) is 5.75 Å². The fourth-order valence-corrected chi connectivity index (χ4v) is 2.63. The molecular formula is C13H19ClN4O3S. The second-order valence-electron chi connectivity index (χ2n) is 4.28. The predicted octanol–water partition coefficient (Wildman–Crippen LogP) is 0.602. The minimum Gasteiger partial charge on any atom is -0.497 e. The van der Waals surface area contributed by atoms with E-state index in [4.69, 9.17) is 15.6 Å². The van der Waals surface area contributed by atoms with Crippen molar-refractivity contribution in [2.45, 2.75) is 17.8 Å². The van der Waals surface area contributed by atoms with Crippen LogP contribution in [-0.4, -0.2) is 50.6 Å². The SMILES string of the molecule is COc1ccc(-n2c(CN)nnc2SC[C@@H](O)CO)cc1.Cl. The van der Waals surface area contributed by atoms with Crippen LogP contribution in [0.1, 0.15) is 5.82 Å². The smallest absolute Gasteiger partial charge is 0.195 e. The molecule has 0 bridgehead atoms. The number of aliphatic hydroxyl groups is 2. The van der Waals surface area contributed by atoms with Crippen molar-refractivity contribution in [3.05, 3.63) is 30.1 Å². The molecule has 4 N–H and O–H groups in total. The number of aromatic nitrogens is 3. The first-order chi connectivity index (χ1) is 10.2. The lowest BCUT2D eigenvalue weighted by Crippen LogP contribution is -2.15. The van der Waals surface area contributed by atoms with Gasteiger partial charge >= 0.3 is 0 Å². The summed E-state index contributed by atoms with van der Waals surface area (Å²) < 4.78 is 6.96. The monoisotopic (exact) mass is 346 g/mol. The van der Waals surface area contributed by atoms with Gasteiger partial charge < -0.3 is 20.7 Å². The van der Waals surface area contributed by atoms with Gasteiger partial charge in [-0.2, -0.15) is 0 Å². The van der Waals surface area contributed by atoms with Crippen LogP contribution in [0.5, 0.6) is 5.75 Å². The van der Waals surface area contributed by atoms with Gasteiger partial charge in [-0.1, -0.05) is 11.8 Å². The maximum Gasteiger partial charge on any atom is 0.195 e. The van der Waals surface area contributed by atoms with E-state index in [1.165, 1.54) is 11.8 Å². The van der Waals surface area contributed by atoms with Crippen LogP contribution in [0.15, 0.2) is 29.4 Å². The minimum atomic E-state index is -0.794. The number of nitrogens with zero attached hydrogens (tertiary/aromatic N) is 3. The van der Waals surface area contributed by atoms with Gasteiger partial charge in [-0.15, -0.1) is 22.6 Å². The molecule has 0 saturated carbocycles. The summed E-state index contributed by atoms with van der Waals surface area (Å²) in [6.07, 6.45) is -0.794. The van der Waals surface area contributed by atoms with Crippen molar-refractivity contribution in [1.29, 1.82) is 0 Å². The van der Waals surface area contributed by atoms with Crippen LogP contribution in [0.3, 0.4) is 0 Å². The number of rotatable bonds is 7. The Kier molecular flexibility index (Phi) is 7.63. The molecule has 1 heterocycles. The van der Waals surface area contributed by atoms with E-state index < -0.39 is 6.10 Å². The first kappa shape index (κ1) is 18.7. The Morgan fingerprint density at radius 2 is 2.00 bits per heavy atom. The van der Waals surface area contributed by atoms with Crippen molar-refractivity contribution in [2.24, 2.45) is 5.73 Å². The van der Waals surface area contributed by atoms with Crippen molar-refractivity contribution < 1.29 is 14.9 Å². The van der Waals surface area contributed by atoms with E-state index in [0.29, 0.717) is 16.7 Å². The highest BCUT2D eigenvalue weighted by molar-refractivity contribution is 7.99. The number of benzene rings is 1. The van der Waals surface area contributed by atoms with Crippen LogP contribution in [0.2, 0.25) is 0 Å². The molecular weight excluding hydrogens is 328 g/mol. The quantitative estimate of drug-likeness (QED) is 0.630.